The van der Waals surface area contributed by atoms with Gasteiger partial charge in [0, 0.05) is 23.7 Å². The van der Waals surface area contributed by atoms with E-state index in [1.807, 2.05) is 25.1 Å². The number of carbonyl (C=O) groups is 1. The lowest BCUT2D eigenvalue weighted by molar-refractivity contribution is -0.105. The monoisotopic (exact) mass is 258 g/mol. The van der Waals surface area contributed by atoms with Crippen LogP contribution in [0.4, 0.5) is 5.69 Å². The Morgan fingerprint density at radius 1 is 1.32 bits per heavy atom. The molecule has 0 saturated carbocycles. The lowest BCUT2D eigenvalue weighted by atomic mass is 9.98. The van der Waals surface area contributed by atoms with Gasteiger partial charge < -0.3 is 9.88 Å². The van der Waals surface area contributed by atoms with E-state index in [0.29, 0.717) is 13.0 Å². The number of pyridine rings is 1. The molecule has 0 aliphatic heterocycles. The molecule has 2 rings (SSSR count). The first kappa shape index (κ1) is 13.3. The quantitative estimate of drug-likeness (QED) is 0.857. The summed E-state index contributed by atoms with van der Waals surface area (Å²) in [5.74, 6) is 0.258. The standard InChI is InChI=1S/C15H18N2O2/c1-4-17-14-6-5-11(16-9-18)7-13(14)12(10(2)3)8-15(17)19/h5-10H,4H2,1-3H3,(H,16,18). The summed E-state index contributed by atoms with van der Waals surface area (Å²) in [5.41, 5.74) is 2.69. The molecule has 0 spiro atoms. The number of nitrogens with zero attached hydrogens (tertiary/aromatic N) is 1. The van der Waals surface area contributed by atoms with E-state index in [-0.39, 0.29) is 11.5 Å². The van der Waals surface area contributed by atoms with Crippen molar-refractivity contribution in [2.45, 2.75) is 33.2 Å². The molecule has 0 aliphatic rings. The lowest BCUT2D eigenvalue weighted by Crippen LogP contribution is -2.20. The third-order valence-corrected chi connectivity index (χ3v) is 3.31. The smallest absolute Gasteiger partial charge is 0.251 e. The number of anilines is 1. The first-order valence-corrected chi connectivity index (χ1v) is 6.46. The fourth-order valence-corrected chi connectivity index (χ4v) is 2.37. The topological polar surface area (TPSA) is 51.1 Å². The Balaban J connectivity index is 2.82. The first-order chi connectivity index (χ1) is 9.08. The molecule has 0 fully saturated rings. The van der Waals surface area contributed by atoms with Gasteiger partial charge in [-0.1, -0.05) is 13.8 Å². The summed E-state index contributed by atoms with van der Waals surface area (Å²) in [4.78, 5) is 22.6. The number of aromatic nitrogens is 1. The van der Waals surface area contributed by atoms with Crippen LogP contribution in [0, 0.1) is 0 Å². The van der Waals surface area contributed by atoms with Crippen LogP contribution in [0.15, 0.2) is 29.1 Å². The minimum Gasteiger partial charge on any atom is -0.329 e. The molecule has 4 nitrogen and oxygen atoms in total. The van der Waals surface area contributed by atoms with E-state index in [4.69, 9.17) is 0 Å². The highest BCUT2D eigenvalue weighted by Crippen LogP contribution is 2.26. The van der Waals surface area contributed by atoms with Crippen LogP contribution in [-0.4, -0.2) is 11.0 Å². The zero-order valence-electron chi connectivity index (χ0n) is 11.4. The molecular weight excluding hydrogens is 240 g/mol. The zero-order chi connectivity index (χ0) is 14.0. The molecule has 1 heterocycles. The largest absolute Gasteiger partial charge is 0.329 e. The molecular formula is C15H18N2O2. The number of hydrogen-bond acceptors (Lipinski definition) is 2. The highest BCUT2D eigenvalue weighted by Gasteiger charge is 2.11. The maximum absolute atomic E-state index is 12.1. The number of amides is 1. The summed E-state index contributed by atoms with van der Waals surface area (Å²) in [7, 11) is 0. The van der Waals surface area contributed by atoms with E-state index < -0.39 is 0 Å². The molecule has 0 atom stereocenters. The van der Waals surface area contributed by atoms with Gasteiger partial charge in [-0.25, -0.2) is 0 Å². The van der Waals surface area contributed by atoms with Crippen molar-refractivity contribution < 1.29 is 4.79 Å². The average molecular weight is 258 g/mol. The van der Waals surface area contributed by atoms with Gasteiger partial charge in [0.1, 0.15) is 0 Å². The van der Waals surface area contributed by atoms with Crippen molar-refractivity contribution in [3.05, 3.63) is 40.2 Å². The Hall–Kier alpha value is -2.10. The Morgan fingerprint density at radius 2 is 2.05 bits per heavy atom. The van der Waals surface area contributed by atoms with Crippen LogP contribution in [-0.2, 0) is 11.3 Å². The van der Waals surface area contributed by atoms with E-state index in [1.165, 1.54) is 0 Å². The number of benzene rings is 1. The van der Waals surface area contributed by atoms with Crippen LogP contribution in [0.1, 0.15) is 32.3 Å². The molecule has 0 unspecified atom stereocenters. The highest BCUT2D eigenvalue weighted by molar-refractivity contribution is 5.88. The maximum atomic E-state index is 12.1. The van der Waals surface area contributed by atoms with Gasteiger partial charge in [-0.3, -0.25) is 9.59 Å². The van der Waals surface area contributed by atoms with Crippen molar-refractivity contribution in [3.8, 4) is 0 Å². The molecule has 1 aromatic heterocycles. The Labute approximate surface area is 112 Å². The predicted octanol–water partition coefficient (Wildman–Crippen LogP) is 2.71. The molecule has 2 aromatic rings. The van der Waals surface area contributed by atoms with Gasteiger partial charge in [-0.2, -0.15) is 0 Å². The fourth-order valence-electron chi connectivity index (χ4n) is 2.37. The van der Waals surface area contributed by atoms with Crippen molar-refractivity contribution in [2.24, 2.45) is 0 Å². The van der Waals surface area contributed by atoms with E-state index in [0.717, 1.165) is 22.2 Å². The van der Waals surface area contributed by atoms with Crippen molar-refractivity contribution in [3.63, 3.8) is 0 Å². The molecule has 0 saturated heterocycles. The molecule has 19 heavy (non-hydrogen) atoms. The number of hydrogen-bond donors (Lipinski definition) is 1. The van der Waals surface area contributed by atoms with Crippen molar-refractivity contribution >= 4 is 23.0 Å². The zero-order valence-corrected chi connectivity index (χ0v) is 11.4. The Morgan fingerprint density at radius 3 is 2.63 bits per heavy atom. The van der Waals surface area contributed by atoms with E-state index in [1.54, 1.807) is 10.6 Å². The number of nitrogens with one attached hydrogen (secondary N) is 1. The Kier molecular flexibility index (Phi) is 3.69. The van der Waals surface area contributed by atoms with Crippen molar-refractivity contribution in [1.29, 1.82) is 0 Å². The van der Waals surface area contributed by atoms with Crippen LogP contribution < -0.4 is 10.9 Å². The summed E-state index contributed by atoms with van der Waals surface area (Å²) in [5, 5.41) is 3.67. The van der Waals surface area contributed by atoms with Crippen LogP contribution in [0.25, 0.3) is 10.9 Å². The summed E-state index contributed by atoms with van der Waals surface area (Å²) < 4.78 is 1.74. The SMILES string of the molecule is CCn1c(=O)cc(C(C)C)c2cc(NC=O)ccc21. The first-order valence-electron chi connectivity index (χ1n) is 6.46. The predicted molar refractivity (Wildman–Crippen MR) is 77.7 cm³/mol. The van der Waals surface area contributed by atoms with Gasteiger partial charge in [-0.15, -0.1) is 0 Å². The third-order valence-electron chi connectivity index (χ3n) is 3.31. The highest BCUT2D eigenvalue weighted by atomic mass is 16.1. The second-order valence-corrected chi connectivity index (χ2v) is 4.83. The van der Waals surface area contributed by atoms with Crippen LogP contribution in [0.3, 0.4) is 0 Å². The minimum atomic E-state index is 0.0230. The molecule has 4 heteroatoms. The number of carbonyl (C=O) groups excluding carboxylic acids is 1. The van der Waals surface area contributed by atoms with Gasteiger partial charge in [0.25, 0.3) is 5.56 Å². The van der Waals surface area contributed by atoms with Crippen molar-refractivity contribution in [1.82, 2.24) is 4.57 Å². The van der Waals surface area contributed by atoms with Crippen LogP contribution in [0.2, 0.25) is 0 Å². The summed E-state index contributed by atoms with van der Waals surface area (Å²) in [6.45, 7) is 6.70. The van der Waals surface area contributed by atoms with E-state index >= 15 is 0 Å². The van der Waals surface area contributed by atoms with Gasteiger partial charge in [0.15, 0.2) is 0 Å². The second kappa shape index (κ2) is 5.26. The molecule has 1 amide bonds. The minimum absolute atomic E-state index is 0.0230. The van der Waals surface area contributed by atoms with Crippen LogP contribution in [0.5, 0.6) is 0 Å². The Bertz CT molecular complexity index is 672. The van der Waals surface area contributed by atoms with Gasteiger partial charge >= 0.3 is 0 Å². The van der Waals surface area contributed by atoms with E-state index in [9.17, 15) is 9.59 Å². The molecule has 1 N–H and O–H groups in total. The average Bonchev–Trinajstić information content (AvgIpc) is 2.38. The summed E-state index contributed by atoms with van der Waals surface area (Å²) in [6, 6.07) is 7.32. The summed E-state index contributed by atoms with van der Waals surface area (Å²) >= 11 is 0. The fraction of sp³-hybridized carbons (Fsp3) is 0.333. The maximum Gasteiger partial charge on any atom is 0.251 e. The number of aryl methyl sites for hydroxylation is 1. The van der Waals surface area contributed by atoms with Gasteiger partial charge in [-0.05, 0) is 36.6 Å². The van der Waals surface area contributed by atoms with Crippen LogP contribution >= 0.6 is 0 Å². The second-order valence-electron chi connectivity index (χ2n) is 4.83. The summed E-state index contributed by atoms with van der Waals surface area (Å²) in [6.07, 6.45) is 0.659. The number of rotatable bonds is 4. The molecule has 0 radical (unpaired) electrons. The van der Waals surface area contributed by atoms with Crippen molar-refractivity contribution in [2.75, 3.05) is 5.32 Å². The number of fused-ring (bicyclic) bond motifs is 1. The normalized spacial score (nSPS) is 10.9. The van der Waals surface area contributed by atoms with Gasteiger partial charge in [0.05, 0.1) is 5.52 Å². The van der Waals surface area contributed by atoms with E-state index in [2.05, 4.69) is 19.2 Å². The molecule has 0 bridgehead atoms. The van der Waals surface area contributed by atoms with Gasteiger partial charge in [0.2, 0.25) is 6.41 Å². The molecule has 100 valence electrons. The molecule has 1 aromatic carbocycles. The third kappa shape index (κ3) is 2.38. The lowest BCUT2D eigenvalue weighted by Gasteiger charge is -2.15. The molecule has 0 aliphatic carbocycles.